The van der Waals surface area contributed by atoms with Gasteiger partial charge in [0.1, 0.15) is 0 Å². The molecule has 0 spiro atoms. The molecular weight excluding hydrogens is 358 g/mol. The van der Waals surface area contributed by atoms with Gasteiger partial charge in [0, 0.05) is 0 Å². The van der Waals surface area contributed by atoms with Crippen LogP contribution >= 0.6 is 0 Å². The van der Waals surface area contributed by atoms with Crippen molar-refractivity contribution in [2.75, 3.05) is 4.90 Å². The van der Waals surface area contributed by atoms with E-state index >= 15 is 0 Å². The molecule has 2 heterocycles. The molecule has 6 atom stereocenters. The standard InChI is InChI=1S/C22H17NO5/c24-20-18-11-7-8-12(14-10-13(11)14)19(18)21(25)23(20)15-4-1-2-5-16(15)28-22(26)17-6-3-9-27-17/h1-9,11-14,18-19H,10H2/t11-,12+,13-,14-,18+,19+/m1/s1. The number of carbonyl (C=O) groups excluding carboxylic acids is 3. The van der Waals surface area contributed by atoms with E-state index in [2.05, 4.69) is 12.2 Å². The van der Waals surface area contributed by atoms with Crippen molar-refractivity contribution < 1.29 is 23.5 Å². The lowest BCUT2D eigenvalue weighted by molar-refractivity contribution is -0.124. The molecule has 2 aromatic rings. The molecule has 0 radical (unpaired) electrons. The van der Waals surface area contributed by atoms with Crippen molar-refractivity contribution in [2.45, 2.75) is 6.42 Å². The Balaban J connectivity index is 1.36. The lowest BCUT2D eigenvalue weighted by atomic mass is 9.63. The first-order valence-corrected chi connectivity index (χ1v) is 9.56. The van der Waals surface area contributed by atoms with Crippen molar-refractivity contribution in [3.05, 3.63) is 60.6 Å². The van der Waals surface area contributed by atoms with Gasteiger partial charge in [0.05, 0.1) is 23.8 Å². The summed E-state index contributed by atoms with van der Waals surface area (Å²) in [6.45, 7) is 0. The Morgan fingerprint density at radius 1 is 0.964 bits per heavy atom. The fourth-order valence-corrected chi connectivity index (χ4v) is 5.47. The molecule has 7 rings (SSSR count). The number of carbonyl (C=O) groups is 3. The Labute approximate surface area is 160 Å². The summed E-state index contributed by atoms with van der Waals surface area (Å²) in [6, 6.07) is 9.76. The summed E-state index contributed by atoms with van der Waals surface area (Å²) in [5.74, 6) is 0.0117. The summed E-state index contributed by atoms with van der Waals surface area (Å²) >= 11 is 0. The van der Waals surface area contributed by atoms with Gasteiger partial charge in [-0.05, 0) is 54.4 Å². The smallest absolute Gasteiger partial charge is 0.379 e. The van der Waals surface area contributed by atoms with Gasteiger partial charge in [0.2, 0.25) is 17.6 Å². The highest BCUT2D eigenvalue weighted by atomic mass is 16.5. The lowest BCUT2D eigenvalue weighted by Crippen LogP contribution is -2.40. The molecule has 28 heavy (non-hydrogen) atoms. The Bertz CT molecular complexity index is 1000. The predicted molar refractivity (Wildman–Crippen MR) is 97.3 cm³/mol. The normalized spacial score (nSPS) is 34.4. The molecule has 1 aromatic heterocycles. The second-order valence-corrected chi connectivity index (χ2v) is 8.00. The molecule has 3 fully saturated rings. The first-order chi connectivity index (χ1) is 13.6. The van der Waals surface area contributed by atoms with E-state index in [0.29, 0.717) is 17.5 Å². The molecule has 6 heteroatoms. The topological polar surface area (TPSA) is 76.8 Å². The third-order valence-corrected chi connectivity index (χ3v) is 6.69. The number of nitrogens with zero attached hydrogens (tertiary/aromatic N) is 1. The Morgan fingerprint density at radius 2 is 1.64 bits per heavy atom. The van der Waals surface area contributed by atoms with Gasteiger partial charge in [-0.2, -0.15) is 0 Å². The van der Waals surface area contributed by atoms with Crippen LogP contribution in [0.5, 0.6) is 5.75 Å². The number of allylic oxidation sites excluding steroid dienone is 2. The van der Waals surface area contributed by atoms with Crippen LogP contribution in [-0.2, 0) is 9.59 Å². The minimum Gasteiger partial charge on any atom is -0.457 e. The molecule has 1 aromatic carbocycles. The van der Waals surface area contributed by atoms with Gasteiger partial charge >= 0.3 is 5.97 Å². The predicted octanol–water partition coefficient (Wildman–Crippen LogP) is 3.06. The molecule has 140 valence electrons. The summed E-state index contributed by atoms with van der Waals surface area (Å²) < 4.78 is 10.5. The summed E-state index contributed by atoms with van der Waals surface area (Å²) in [4.78, 5) is 40.1. The number of esters is 1. The maximum absolute atomic E-state index is 13.3. The van der Waals surface area contributed by atoms with Crippen molar-refractivity contribution in [3.8, 4) is 5.75 Å². The van der Waals surface area contributed by atoms with Gasteiger partial charge in [-0.3, -0.25) is 9.59 Å². The zero-order valence-corrected chi connectivity index (χ0v) is 14.9. The maximum atomic E-state index is 13.3. The third kappa shape index (κ3) is 2.00. The molecule has 2 bridgehead atoms. The molecule has 1 saturated heterocycles. The van der Waals surface area contributed by atoms with E-state index in [4.69, 9.17) is 9.15 Å². The largest absolute Gasteiger partial charge is 0.457 e. The van der Waals surface area contributed by atoms with Crippen LogP contribution in [0.2, 0.25) is 0 Å². The summed E-state index contributed by atoms with van der Waals surface area (Å²) in [5, 5.41) is 0. The average molecular weight is 375 g/mol. The van der Waals surface area contributed by atoms with E-state index in [1.165, 1.54) is 17.2 Å². The Hall–Kier alpha value is -3.15. The van der Waals surface area contributed by atoms with Gasteiger partial charge in [-0.25, -0.2) is 9.69 Å². The first-order valence-electron chi connectivity index (χ1n) is 9.56. The fourth-order valence-electron chi connectivity index (χ4n) is 5.47. The van der Waals surface area contributed by atoms with Crippen molar-refractivity contribution >= 4 is 23.5 Å². The van der Waals surface area contributed by atoms with Crippen LogP contribution in [0.1, 0.15) is 17.0 Å². The van der Waals surface area contributed by atoms with Crippen LogP contribution in [0.15, 0.2) is 59.2 Å². The number of imide groups is 1. The van der Waals surface area contributed by atoms with Crippen LogP contribution in [0.4, 0.5) is 5.69 Å². The third-order valence-electron chi connectivity index (χ3n) is 6.69. The highest BCUT2D eigenvalue weighted by Crippen LogP contribution is 2.65. The van der Waals surface area contributed by atoms with Crippen LogP contribution < -0.4 is 9.64 Å². The fraction of sp³-hybridized carbons (Fsp3) is 0.318. The van der Waals surface area contributed by atoms with Crippen LogP contribution in [0.25, 0.3) is 0 Å². The lowest BCUT2D eigenvalue weighted by Gasteiger charge is -2.37. The molecular formula is C22H17NO5. The monoisotopic (exact) mass is 375 g/mol. The van der Waals surface area contributed by atoms with E-state index in [-0.39, 0.29) is 47.0 Å². The first kappa shape index (κ1) is 15.9. The number of amides is 2. The summed E-state index contributed by atoms with van der Waals surface area (Å²) in [7, 11) is 0. The van der Waals surface area contributed by atoms with Crippen molar-refractivity contribution in [2.24, 2.45) is 35.5 Å². The summed E-state index contributed by atoms with van der Waals surface area (Å²) in [6.07, 6.45) is 6.77. The maximum Gasteiger partial charge on any atom is 0.379 e. The second-order valence-electron chi connectivity index (χ2n) is 8.00. The molecule has 5 aliphatic rings. The van der Waals surface area contributed by atoms with Gasteiger partial charge in [-0.15, -0.1) is 0 Å². The molecule has 6 nitrogen and oxygen atoms in total. The molecule has 2 amide bonds. The molecule has 2 saturated carbocycles. The van der Waals surface area contributed by atoms with Gasteiger partial charge in [-0.1, -0.05) is 24.3 Å². The number of hydrogen-bond donors (Lipinski definition) is 0. The minimum absolute atomic E-state index is 0.0601. The van der Waals surface area contributed by atoms with Crippen LogP contribution in [0.3, 0.4) is 0 Å². The van der Waals surface area contributed by atoms with Crippen LogP contribution in [0, 0.1) is 35.5 Å². The van der Waals surface area contributed by atoms with Gasteiger partial charge < -0.3 is 9.15 Å². The minimum atomic E-state index is -0.669. The Morgan fingerprint density at radius 3 is 2.29 bits per heavy atom. The van der Waals surface area contributed by atoms with E-state index in [0.717, 1.165) is 6.42 Å². The SMILES string of the molecule is O=C(Oc1ccccc1N1C(=O)[C@H]2[C@@H]3C=C[C@@H]([C@H]4C[C@H]34)[C@@H]2C1=O)c1ccco1. The van der Waals surface area contributed by atoms with Crippen molar-refractivity contribution in [1.29, 1.82) is 0 Å². The zero-order valence-electron chi connectivity index (χ0n) is 14.9. The molecule has 0 N–H and O–H groups in total. The van der Waals surface area contributed by atoms with Crippen molar-refractivity contribution in [1.82, 2.24) is 0 Å². The van der Waals surface area contributed by atoms with E-state index in [9.17, 15) is 14.4 Å². The number of furan rings is 1. The number of benzene rings is 1. The molecule has 0 unspecified atom stereocenters. The molecule has 4 aliphatic carbocycles. The van der Waals surface area contributed by atoms with Crippen molar-refractivity contribution in [3.63, 3.8) is 0 Å². The quantitative estimate of drug-likeness (QED) is 0.357. The second kappa shape index (κ2) is 5.44. The van der Waals surface area contributed by atoms with E-state index in [1.807, 2.05) is 0 Å². The van der Waals surface area contributed by atoms with E-state index < -0.39 is 5.97 Å². The Kier molecular flexibility index (Phi) is 3.08. The highest BCUT2D eigenvalue weighted by Gasteiger charge is 2.67. The number of ether oxygens (including phenoxy) is 1. The number of hydrogen-bond acceptors (Lipinski definition) is 5. The van der Waals surface area contributed by atoms with Crippen LogP contribution in [-0.4, -0.2) is 17.8 Å². The van der Waals surface area contributed by atoms with Gasteiger partial charge in [0.15, 0.2) is 5.75 Å². The number of anilines is 1. The number of rotatable bonds is 3. The highest BCUT2D eigenvalue weighted by molar-refractivity contribution is 6.23. The molecule has 1 aliphatic heterocycles. The summed E-state index contributed by atoms with van der Waals surface area (Å²) in [5.41, 5.74) is 0.319. The number of para-hydroxylation sites is 2. The van der Waals surface area contributed by atoms with Gasteiger partial charge in [0.25, 0.3) is 0 Å². The van der Waals surface area contributed by atoms with E-state index in [1.54, 1.807) is 30.3 Å². The average Bonchev–Trinajstić information content (AvgIpc) is 3.27. The zero-order chi connectivity index (χ0) is 19.0.